The number of methoxy groups -OCH3 is 1. The SMILES string of the molecule is CNC(c1ccc(Cl)cn1)c1ccc(OC)cc1F. The zero-order chi connectivity index (χ0) is 13.8. The topological polar surface area (TPSA) is 34.2 Å². The Morgan fingerprint density at radius 1 is 1.32 bits per heavy atom. The Bertz CT molecular complexity index is 560. The van der Waals surface area contributed by atoms with Gasteiger partial charge in [-0.1, -0.05) is 17.7 Å². The molecule has 1 aromatic carbocycles. The van der Waals surface area contributed by atoms with Gasteiger partial charge in [0.05, 0.1) is 23.9 Å². The smallest absolute Gasteiger partial charge is 0.132 e. The van der Waals surface area contributed by atoms with Crippen LogP contribution in [0.5, 0.6) is 5.75 Å². The minimum Gasteiger partial charge on any atom is -0.497 e. The molecule has 0 fully saturated rings. The number of nitrogens with one attached hydrogen (secondary N) is 1. The van der Waals surface area contributed by atoms with Gasteiger partial charge in [0, 0.05) is 17.8 Å². The molecule has 0 spiro atoms. The second-order valence-corrected chi connectivity index (χ2v) is 4.45. The van der Waals surface area contributed by atoms with Crippen LogP contribution in [0.25, 0.3) is 0 Å². The van der Waals surface area contributed by atoms with Gasteiger partial charge in [0.2, 0.25) is 0 Å². The fraction of sp³-hybridized carbons (Fsp3) is 0.214. The molecule has 2 rings (SSSR count). The van der Waals surface area contributed by atoms with Crippen LogP contribution in [-0.2, 0) is 0 Å². The van der Waals surface area contributed by atoms with Gasteiger partial charge in [-0.2, -0.15) is 0 Å². The molecule has 0 bridgehead atoms. The number of nitrogens with zero attached hydrogens (tertiary/aromatic N) is 1. The van der Waals surface area contributed by atoms with Crippen molar-refractivity contribution in [2.24, 2.45) is 0 Å². The lowest BCUT2D eigenvalue weighted by molar-refractivity contribution is 0.410. The van der Waals surface area contributed by atoms with E-state index in [2.05, 4.69) is 10.3 Å². The standard InChI is InChI=1S/C14H14ClFN2O/c1-17-14(13-6-3-9(15)8-18-13)11-5-4-10(19-2)7-12(11)16/h3-8,14,17H,1-2H3. The first-order valence-corrected chi connectivity index (χ1v) is 6.15. The van der Waals surface area contributed by atoms with E-state index in [-0.39, 0.29) is 11.9 Å². The minimum absolute atomic E-state index is 0.330. The summed E-state index contributed by atoms with van der Waals surface area (Å²) in [5.41, 5.74) is 1.22. The molecule has 5 heteroatoms. The predicted molar refractivity (Wildman–Crippen MR) is 73.1 cm³/mol. The van der Waals surface area contributed by atoms with Gasteiger partial charge in [0.25, 0.3) is 0 Å². The molecule has 0 amide bonds. The number of hydrogen-bond donors (Lipinski definition) is 1. The van der Waals surface area contributed by atoms with Crippen LogP contribution in [0.4, 0.5) is 4.39 Å². The van der Waals surface area contributed by atoms with Crippen LogP contribution in [-0.4, -0.2) is 19.1 Å². The summed E-state index contributed by atoms with van der Waals surface area (Å²) in [5.74, 6) is 0.149. The van der Waals surface area contributed by atoms with Crippen molar-refractivity contribution in [2.45, 2.75) is 6.04 Å². The highest BCUT2D eigenvalue weighted by Gasteiger charge is 2.17. The molecule has 1 N–H and O–H groups in total. The van der Waals surface area contributed by atoms with Gasteiger partial charge in [-0.25, -0.2) is 4.39 Å². The van der Waals surface area contributed by atoms with E-state index in [1.807, 2.05) is 0 Å². The maximum atomic E-state index is 14.1. The lowest BCUT2D eigenvalue weighted by Crippen LogP contribution is -2.20. The van der Waals surface area contributed by atoms with E-state index in [9.17, 15) is 4.39 Å². The lowest BCUT2D eigenvalue weighted by atomic mass is 10.0. The highest BCUT2D eigenvalue weighted by Crippen LogP contribution is 2.26. The lowest BCUT2D eigenvalue weighted by Gasteiger charge is -2.17. The van der Waals surface area contributed by atoms with Crippen LogP contribution in [0.2, 0.25) is 5.02 Å². The predicted octanol–water partition coefficient (Wildman–Crippen LogP) is 3.19. The molecule has 1 heterocycles. The molecule has 2 aromatic rings. The molecule has 1 atom stereocenters. The Labute approximate surface area is 116 Å². The Kier molecular flexibility index (Phi) is 4.35. The first-order chi connectivity index (χ1) is 9.15. The van der Waals surface area contributed by atoms with E-state index in [4.69, 9.17) is 16.3 Å². The van der Waals surface area contributed by atoms with Gasteiger partial charge < -0.3 is 10.1 Å². The van der Waals surface area contributed by atoms with Crippen molar-refractivity contribution in [3.63, 3.8) is 0 Å². The quantitative estimate of drug-likeness (QED) is 0.934. The van der Waals surface area contributed by atoms with Crippen LogP contribution in [0.1, 0.15) is 17.3 Å². The van der Waals surface area contributed by atoms with Crippen LogP contribution in [0, 0.1) is 5.82 Å². The minimum atomic E-state index is -0.338. The average Bonchev–Trinajstić information content (AvgIpc) is 2.43. The first-order valence-electron chi connectivity index (χ1n) is 5.78. The van der Waals surface area contributed by atoms with Crippen molar-refractivity contribution < 1.29 is 9.13 Å². The molecule has 1 unspecified atom stereocenters. The van der Waals surface area contributed by atoms with E-state index in [0.717, 1.165) is 0 Å². The van der Waals surface area contributed by atoms with Gasteiger partial charge >= 0.3 is 0 Å². The van der Waals surface area contributed by atoms with Gasteiger partial charge in [0.15, 0.2) is 0 Å². The summed E-state index contributed by atoms with van der Waals surface area (Å²) in [7, 11) is 3.26. The largest absolute Gasteiger partial charge is 0.497 e. The van der Waals surface area contributed by atoms with E-state index in [1.165, 1.54) is 13.2 Å². The van der Waals surface area contributed by atoms with Crippen molar-refractivity contribution in [2.75, 3.05) is 14.2 Å². The molecular weight excluding hydrogens is 267 g/mol. The molecule has 0 aliphatic heterocycles. The average molecular weight is 281 g/mol. The van der Waals surface area contributed by atoms with Crippen molar-refractivity contribution in [3.8, 4) is 5.75 Å². The van der Waals surface area contributed by atoms with E-state index in [0.29, 0.717) is 22.0 Å². The summed E-state index contributed by atoms with van der Waals surface area (Å²) in [6.07, 6.45) is 1.54. The Hall–Kier alpha value is -1.65. The fourth-order valence-corrected chi connectivity index (χ4v) is 2.00. The molecular formula is C14H14ClFN2O. The van der Waals surface area contributed by atoms with Crippen LogP contribution >= 0.6 is 11.6 Å². The third-order valence-corrected chi connectivity index (χ3v) is 3.08. The summed E-state index contributed by atoms with van der Waals surface area (Å²) < 4.78 is 19.1. The number of hydrogen-bond acceptors (Lipinski definition) is 3. The van der Waals surface area contributed by atoms with Crippen LogP contribution in [0.15, 0.2) is 36.5 Å². The number of ether oxygens (including phenoxy) is 1. The summed E-state index contributed by atoms with van der Waals surface area (Å²) in [6.45, 7) is 0. The van der Waals surface area contributed by atoms with Gasteiger partial charge in [0.1, 0.15) is 11.6 Å². The molecule has 100 valence electrons. The fourth-order valence-electron chi connectivity index (χ4n) is 1.89. The summed E-state index contributed by atoms with van der Waals surface area (Å²) >= 11 is 5.80. The second-order valence-electron chi connectivity index (χ2n) is 4.01. The monoisotopic (exact) mass is 280 g/mol. The molecule has 3 nitrogen and oxygen atoms in total. The van der Waals surface area contributed by atoms with E-state index >= 15 is 0 Å². The number of benzene rings is 1. The Morgan fingerprint density at radius 3 is 2.63 bits per heavy atom. The Morgan fingerprint density at radius 2 is 2.11 bits per heavy atom. The first kappa shape index (κ1) is 13.8. The van der Waals surface area contributed by atoms with E-state index in [1.54, 1.807) is 37.5 Å². The number of aromatic nitrogens is 1. The summed E-state index contributed by atoms with van der Waals surface area (Å²) in [5, 5.41) is 3.60. The third-order valence-electron chi connectivity index (χ3n) is 2.85. The second kappa shape index (κ2) is 5.99. The van der Waals surface area contributed by atoms with Crippen molar-refractivity contribution >= 4 is 11.6 Å². The highest BCUT2D eigenvalue weighted by molar-refractivity contribution is 6.30. The van der Waals surface area contributed by atoms with Gasteiger partial charge in [-0.3, -0.25) is 4.98 Å². The van der Waals surface area contributed by atoms with Crippen molar-refractivity contribution in [1.29, 1.82) is 0 Å². The van der Waals surface area contributed by atoms with E-state index < -0.39 is 0 Å². The highest BCUT2D eigenvalue weighted by atomic mass is 35.5. The third kappa shape index (κ3) is 3.03. The van der Waals surface area contributed by atoms with Crippen LogP contribution < -0.4 is 10.1 Å². The Balaban J connectivity index is 2.39. The number of halogens is 2. The maximum absolute atomic E-state index is 14.1. The van der Waals surface area contributed by atoms with Crippen LogP contribution in [0.3, 0.4) is 0 Å². The maximum Gasteiger partial charge on any atom is 0.132 e. The summed E-state index contributed by atoms with van der Waals surface area (Å²) in [4.78, 5) is 4.22. The molecule has 0 saturated heterocycles. The molecule has 1 aromatic heterocycles. The van der Waals surface area contributed by atoms with Gasteiger partial charge in [-0.15, -0.1) is 0 Å². The number of pyridine rings is 1. The van der Waals surface area contributed by atoms with Gasteiger partial charge in [-0.05, 0) is 25.2 Å². The summed E-state index contributed by atoms with van der Waals surface area (Å²) in [6, 6.07) is 7.94. The molecule has 0 aliphatic rings. The molecule has 0 aliphatic carbocycles. The molecule has 0 saturated carbocycles. The molecule has 19 heavy (non-hydrogen) atoms. The normalized spacial score (nSPS) is 12.2. The zero-order valence-corrected chi connectivity index (χ0v) is 11.4. The van der Waals surface area contributed by atoms with Crippen molar-refractivity contribution in [1.82, 2.24) is 10.3 Å². The van der Waals surface area contributed by atoms with Crippen molar-refractivity contribution in [3.05, 3.63) is 58.6 Å². The number of rotatable bonds is 4. The molecule has 0 radical (unpaired) electrons. The zero-order valence-electron chi connectivity index (χ0n) is 10.7.